The molecule has 2 aromatic carbocycles. The van der Waals surface area contributed by atoms with E-state index in [0.29, 0.717) is 16.6 Å². The topological polar surface area (TPSA) is 73.8 Å². The number of thioether (sulfide) groups is 1. The number of rotatable bonds is 4. The number of aromatic nitrogens is 1. The molecule has 0 spiro atoms. The Bertz CT molecular complexity index is 1410. The van der Waals surface area contributed by atoms with Gasteiger partial charge in [-0.05, 0) is 80.1 Å². The van der Waals surface area contributed by atoms with Crippen molar-refractivity contribution in [3.8, 4) is 5.69 Å². The molecule has 2 aliphatic rings. The van der Waals surface area contributed by atoms with Gasteiger partial charge in [-0.2, -0.15) is 15.1 Å². The summed E-state index contributed by atoms with van der Waals surface area (Å²) in [7, 11) is 0. The van der Waals surface area contributed by atoms with Gasteiger partial charge in [0.15, 0.2) is 5.84 Å². The second kappa shape index (κ2) is 8.74. The molecule has 3 heterocycles. The van der Waals surface area contributed by atoms with Crippen molar-refractivity contribution in [1.82, 2.24) is 9.58 Å². The van der Waals surface area contributed by atoms with Gasteiger partial charge < -0.3 is 4.57 Å². The lowest BCUT2D eigenvalue weighted by Gasteiger charge is -2.20. The number of carbonyl (C=O) groups is 1. The first-order valence-corrected chi connectivity index (χ1v) is 12.0. The van der Waals surface area contributed by atoms with Crippen LogP contribution in [0.5, 0.6) is 0 Å². The maximum absolute atomic E-state index is 12.9. The van der Waals surface area contributed by atoms with Gasteiger partial charge in [0, 0.05) is 28.5 Å². The number of aliphatic imine (C=N–C) groups is 1. The van der Waals surface area contributed by atoms with Crippen LogP contribution in [0.1, 0.15) is 28.1 Å². The van der Waals surface area contributed by atoms with Crippen LogP contribution in [0.25, 0.3) is 11.8 Å². The number of nitrogens with zero attached hydrogens (tertiary/aromatic N) is 4. The van der Waals surface area contributed by atoms with E-state index < -0.39 is 5.91 Å². The molecule has 1 aromatic heterocycles. The molecule has 1 amide bonds. The smallest absolute Gasteiger partial charge is 0.283 e. The molecule has 0 saturated heterocycles. The van der Waals surface area contributed by atoms with Crippen LogP contribution in [-0.4, -0.2) is 31.5 Å². The number of nitrogens with one attached hydrogen (secondary N) is 1. The predicted octanol–water partition coefficient (Wildman–Crippen LogP) is 5.92. The van der Waals surface area contributed by atoms with Crippen LogP contribution >= 0.6 is 23.4 Å². The van der Waals surface area contributed by atoms with Crippen LogP contribution in [0.4, 0.5) is 0 Å². The minimum atomic E-state index is -0.424. The molecule has 3 aromatic rings. The zero-order valence-electron chi connectivity index (χ0n) is 19.0. The number of hydrogen-bond donors (Lipinski definition) is 1. The van der Waals surface area contributed by atoms with Crippen LogP contribution in [0, 0.1) is 26.2 Å². The average molecular weight is 488 g/mol. The van der Waals surface area contributed by atoms with Gasteiger partial charge in [-0.3, -0.25) is 10.2 Å². The van der Waals surface area contributed by atoms with Crippen molar-refractivity contribution in [2.45, 2.75) is 27.2 Å². The fourth-order valence-corrected chi connectivity index (χ4v) is 5.11. The maximum Gasteiger partial charge on any atom is 0.283 e. The van der Waals surface area contributed by atoms with Gasteiger partial charge in [0.1, 0.15) is 5.04 Å². The lowest BCUT2D eigenvalue weighted by atomic mass is 10.1. The lowest BCUT2D eigenvalue weighted by molar-refractivity contribution is -0.114. The standard InChI is InChI=1S/C26H22ClN5OS/c1-15-4-10-21(11-5-15)31-16(2)12-19(17(31)3)14-22-24(28)32-26(29-25(22)33)34-23(30-32)13-18-6-8-20(27)9-7-18/h4-12,14,28H,13H2,1-3H3/b22-14+,28-24?. The van der Waals surface area contributed by atoms with Crippen molar-refractivity contribution in [2.75, 3.05) is 0 Å². The molecular formula is C26H22ClN5OS. The zero-order chi connectivity index (χ0) is 24.0. The fourth-order valence-electron chi connectivity index (χ4n) is 4.06. The molecule has 2 aliphatic heterocycles. The number of fused-ring (bicyclic) bond motifs is 1. The van der Waals surface area contributed by atoms with Gasteiger partial charge in [-0.25, -0.2) is 0 Å². The summed E-state index contributed by atoms with van der Waals surface area (Å²) in [5.74, 6) is -0.388. The van der Waals surface area contributed by atoms with E-state index in [0.717, 1.165) is 33.2 Å². The third-order valence-electron chi connectivity index (χ3n) is 5.83. The van der Waals surface area contributed by atoms with Crippen LogP contribution in [-0.2, 0) is 11.2 Å². The van der Waals surface area contributed by atoms with E-state index >= 15 is 0 Å². The number of hydrogen-bond acceptors (Lipinski definition) is 4. The number of halogens is 1. The van der Waals surface area contributed by atoms with Crippen LogP contribution < -0.4 is 0 Å². The third-order valence-corrected chi connectivity index (χ3v) is 6.99. The number of hydrazone groups is 1. The van der Waals surface area contributed by atoms with E-state index in [1.807, 2.05) is 44.2 Å². The number of benzene rings is 2. The molecule has 0 bridgehead atoms. The van der Waals surface area contributed by atoms with E-state index in [2.05, 4.69) is 45.9 Å². The van der Waals surface area contributed by atoms with Gasteiger partial charge in [0.05, 0.1) is 5.57 Å². The molecule has 0 atom stereocenters. The monoisotopic (exact) mass is 487 g/mol. The van der Waals surface area contributed by atoms with Gasteiger partial charge in [-0.15, -0.1) is 0 Å². The molecule has 5 rings (SSSR count). The minimum absolute atomic E-state index is 0.0359. The number of carbonyl (C=O) groups excluding carboxylic acids is 1. The van der Waals surface area contributed by atoms with E-state index in [-0.39, 0.29) is 11.4 Å². The van der Waals surface area contributed by atoms with Gasteiger partial charge in [-0.1, -0.05) is 41.4 Å². The molecule has 0 saturated carbocycles. The number of aryl methyl sites for hydroxylation is 2. The normalized spacial score (nSPS) is 16.7. The average Bonchev–Trinajstić information content (AvgIpc) is 3.33. The van der Waals surface area contributed by atoms with Gasteiger partial charge in [0.2, 0.25) is 5.17 Å². The Labute approximate surface area is 207 Å². The highest BCUT2D eigenvalue weighted by atomic mass is 35.5. The highest BCUT2D eigenvalue weighted by molar-refractivity contribution is 8.26. The Hall–Kier alpha value is -3.42. The Morgan fingerprint density at radius 1 is 1.06 bits per heavy atom. The van der Waals surface area contributed by atoms with Crippen molar-refractivity contribution < 1.29 is 4.79 Å². The first kappa shape index (κ1) is 22.4. The van der Waals surface area contributed by atoms with E-state index in [4.69, 9.17) is 17.0 Å². The number of amidine groups is 2. The van der Waals surface area contributed by atoms with Crippen LogP contribution in [0.2, 0.25) is 5.02 Å². The summed E-state index contributed by atoms with van der Waals surface area (Å²) in [6.45, 7) is 6.10. The zero-order valence-corrected chi connectivity index (χ0v) is 20.5. The Balaban J connectivity index is 1.44. The first-order chi connectivity index (χ1) is 16.3. The summed E-state index contributed by atoms with van der Waals surface area (Å²) in [5.41, 5.74) is 6.45. The van der Waals surface area contributed by atoms with Gasteiger partial charge >= 0.3 is 0 Å². The summed E-state index contributed by atoms with van der Waals surface area (Å²) in [6.07, 6.45) is 2.32. The van der Waals surface area contributed by atoms with Crippen molar-refractivity contribution in [3.05, 3.63) is 93.3 Å². The van der Waals surface area contributed by atoms with Crippen LogP contribution in [0.15, 0.2) is 70.3 Å². The van der Waals surface area contributed by atoms with E-state index in [9.17, 15) is 4.79 Å². The van der Waals surface area contributed by atoms with E-state index in [1.165, 1.54) is 22.3 Å². The quantitative estimate of drug-likeness (QED) is 0.464. The van der Waals surface area contributed by atoms with Crippen molar-refractivity contribution in [2.24, 2.45) is 10.1 Å². The minimum Gasteiger partial charge on any atom is -0.318 e. The van der Waals surface area contributed by atoms with Crippen molar-refractivity contribution in [1.29, 1.82) is 5.41 Å². The molecule has 0 radical (unpaired) electrons. The molecule has 8 heteroatoms. The van der Waals surface area contributed by atoms with Crippen molar-refractivity contribution >= 4 is 51.4 Å². The predicted molar refractivity (Wildman–Crippen MR) is 140 cm³/mol. The molecule has 170 valence electrons. The van der Waals surface area contributed by atoms with Crippen LogP contribution in [0.3, 0.4) is 0 Å². The number of amides is 1. The summed E-state index contributed by atoms with van der Waals surface area (Å²) >= 11 is 7.29. The lowest BCUT2D eigenvalue weighted by Crippen LogP contribution is -2.35. The highest BCUT2D eigenvalue weighted by Crippen LogP contribution is 2.31. The molecule has 0 fully saturated rings. The summed E-state index contributed by atoms with van der Waals surface area (Å²) in [5, 5.41) is 16.6. The summed E-state index contributed by atoms with van der Waals surface area (Å²) in [4.78, 5) is 17.1. The first-order valence-electron chi connectivity index (χ1n) is 10.8. The Morgan fingerprint density at radius 3 is 2.47 bits per heavy atom. The van der Waals surface area contributed by atoms with Crippen molar-refractivity contribution in [3.63, 3.8) is 0 Å². The van der Waals surface area contributed by atoms with E-state index in [1.54, 1.807) is 6.08 Å². The molecule has 34 heavy (non-hydrogen) atoms. The molecule has 0 unspecified atom stereocenters. The molecular weight excluding hydrogens is 466 g/mol. The SMILES string of the molecule is Cc1ccc(-n2c(C)cc(/C=C3\C(=N)N4N=C(Cc5ccc(Cl)cc5)SC4=NC3=O)c2C)cc1. The summed E-state index contributed by atoms with van der Waals surface area (Å²) in [6, 6.07) is 17.9. The molecule has 6 nitrogen and oxygen atoms in total. The maximum atomic E-state index is 12.9. The second-order valence-electron chi connectivity index (χ2n) is 8.31. The van der Waals surface area contributed by atoms with Gasteiger partial charge in [0.25, 0.3) is 5.91 Å². The molecule has 1 N–H and O–H groups in total. The highest BCUT2D eigenvalue weighted by Gasteiger charge is 2.35. The second-order valence-corrected chi connectivity index (χ2v) is 9.79. The fraction of sp³-hybridized carbons (Fsp3) is 0.154. The Morgan fingerprint density at radius 2 is 1.76 bits per heavy atom. The summed E-state index contributed by atoms with van der Waals surface area (Å²) < 4.78 is 2.14. The third kappa shape index (κ3) is 4.13. The molecule has 0 aliphatic carbocycles. The largest absolute Gasteiger partial charge is 0.318 e. The Kier molecular flexibility index (Phi) is 5.75.